The van der Waals surface area contributed by atoms with Gasteiger partial charge in [-0.1, -0.05) is 15.9 Å². The van der Waals surface area contributed by atoms with Gasteiger partial charge < -0.3 is 19.3 Å². The fourth-order valence-corrected chi connectivity index (χ4v) is 1.49. The molecule has 0 radical (unpaired) electrons. The number of methoxy groups -OCH3 is 2. The Kier molecular flexibility index (Phi) is 4.87. The van der Waals surface area contributed by atoms with Crippen LogP contribution in [0.3, 0.4) is 0 Å². The molecule has 1 aromatic carbocycles. The minimum atomic E-state index is -0.411. The Balaban J connectivity index is 2.57. The summed E-state index contributed by atoms with van der Waals surface area (Å²) < 4.78 is 16.0. The summed E-state index contributed by atoms with van der Waals surface area (Å²) in [4.78, 5) is 0. The summed E-state index contributed by atoms with van der Waals surface area (Å²) in [6, 6.07) is 4.85. The number of halogens is 1. The highest BCUT2D eigenvalue weighted by Gasteiger charge is 2.06. The Hall–Kier alpha value is -0.780. The molecular weight excluding hydrogens is 264 g/mol. The third-order valence-electron chi connectivity index (χ3n) is 1.77. The van der Waals surface area contributed by atoms with Gasteiger partial charge in [-0.3, -0.25) is 0 Å². The molecule has 0 aliphatic rings. The molecule has 0 saturated heterocycles. The molecule has 4 nitrogen and oxygen atoms in total. The summed E-state index contributed by atoms with van der Waals surface area (Å²) >= 11 is 3.25. The molecule has 0 bridgehead atoms. The molecule has 15 heavy (non-hydrogen) atoms. The van der Waals surface area contributed by atoms with E-state index in [1.165, 1.54) is 20.3 Å². The van der Waals surface area contributed by atoms with Crippen LogP contribution in [0.1, 0.15) is 0 Å². The molecular formula is C10H13BrO4. The Labute approximate surface area is 96.9 Å². The number of phenols is 1. The lowest BCUT2D eigenvalue weighted by atomic mass is 10.3. The molecule has 0 heterocycles. The van der Waals surface area contributed by atoms with Gasteiger partial charge in [-0.15, -0.1) is 0 Å². The molecule has 0 fully saturated rings. The van der Waals surface area contributed by atoms with Crippen LogP contribution in [0.15, 0.2) is 22.7 Å². The quantitative estimate of drug-likeness (QED) is 0.838. The van der Waals surface area contributed by atoms with Gasteiger partial charge in [-0.05, 0) is 12.1 Å². The van der Waals surface area contributed by atoms with Gasteiger partial charge in [0.2, 0.25) is 0 Å². The second kappa shape index (κ2) is 5.95. The van der Waals surface area contributed by atoms with E-state index in [4.69, 9.17) is 14.2 Å². The van der Waals surface area contributed by atoms with E-state index < -0.39 is 6.29 Å². The van der Waals surface area contributed by atoms with E-state index in [0.717, 1.165) is 4.47 Å². The Morgan fingerprint density at radius 1 is 1.27 bits per heavy atom. The lowest BCUT2D eigenvalue weighted by molar-refractivity contribution is -0.122. The maximum absolute atomic E-state index is 9.30. The molecule has 0 spiro atoms. The minimum Gasteiger partial charge on any atom is -0.508 e. The van der Waals surface area contributed by atoms with Gasteiger partial charge in [0.05, 0.1) is 0 Å². The first kappa shape index (κ1) is 12.3. The second-order valence-corrected chi connectivity index (χ2v) is 3.77. The van der Waals surface area contributed by atoms with Crippen molar-refractivity contribution in [3.8, 4) is 11.5 Å². The number of hydrogen-bond donors (Lipinski definition) is 1. The van der Waals surface area contributed by atoms with Crippen molar-refractivity contribution >= 4 is 15.9 Å². The van der Waals surface area contributed by atoms with Gasteiger partial charge in [-0.2, -0.15) is 0 Å². The third-order valence-corrected chi connectivity index (χ3v) is 2.23. The van der Waals surface area contributed by atoms with Crippen LogP contribution >= 0.6 is 15.9 Å². The molecule has 0 unspecified atom stereocenters. The average Bonchev–Trinajstić information content (AvgIpc) is 2.18. The molecule has 84 valence electrons. The third kappa shape index (κ3) is 4.07. The summed E-state index contributed by atoms with van der Waals surface area (Å²) in [5.41, 5.74) is 0. The van der Waals surface area contributed by atoms with Gasteiger partial charge in [0.1, 0.15) is 18.1 Å². The van der Waals surface area contributed by atoms with Gasteiger partial charge in [-0.25, -0.2) is 0 Å². The van der Waals surface area contributed by atoms with Crippen LogP contribution in [-0.2, 0) is 9.47 Å². The number of phenolic OH excluding ortho intramolecular Hbond substituents is 1. The van der Waals surface area contributed by atoms with E-state index in [1.54, 1.807) is 12.1 Å². The minimum absolute atomic E-state index is 0.144. The Morgan fingerprint density at radius 2 is 1.93 bits per heavy atom. The number of ether oxygens (including phenoxy) is 3. The lowest BCUT2D eigenvalue weighted by Gasteiger charge is -2.14. The average molecular weight is 277 g/mol. The molecule has 0 aliphatic carbocycles. The van der Waals surface area contributed by atoms with E-state index in [1.807, 2.05) is 0 Å². The number of benzene rings is 1. The number of hydrogen-bond acceptors (Lipinski definition) is 4. The monoisotopic (exact) mass is 276 g/mol. The number of aromatic hydroxyl groups is 1. The van der Waals surface area contributed by atoms with Crippen LogP contribution in [0.5, 0.6) is 11.5 Å². The molecule has 1 rings (SSSR count). The van der Waals surface area contributed by atoms with Crippen LogP contribution in [0.25, 0.3) is 0 Å². The van der Waals surface area contributed by atoms with E-state index in [9.17, 15) is 5.11 Å². The summed E-state index contributed by atoms with van der Waals surface area (Å²) in [7, 11) is 3.08. The maximum Gasteiger partial charge on any atom is 0.191 e. The standard InChI is InChI=1S/C10H13BrO4/c1-13-10(14-2)6-15-9-4-7(11)3-8(12)5-9/h3-5,10,12H,6H2,1-2H3. The van der Waals surface area contributed by atoms with E-state index in [0.29, 0.717) is 5.75 Å². The predicted octanol–water partition coefficient (Wildman–Crippen LogP) is 2.15. The molecule has 5 heteroatoms. The van der Waals surface area contributed by atoms with Crippen molar-refractivity contribution in [3.63, 3.8) is 0 Å². The van der Waals surface area contributed by atoms with Gasteiger partial charge in [0, 0.05) is 24.8 Å². The second-order valence-electron chi connectivity index (χ2n) is 2.86. The fourth-order valence-electron chi connectivity index (χ4n) is 1.03. The molecule has 0 saturated carbocycles. The Morgan fingerprint density at radius 3 is 2.47 bits per heavy atom. The fraction of sp³-hybridized carbons (Fsp3) is 0.400. The molecule has 1 aromatic rings. The van der Waals surface area contributed by atoms with Gasteiger partial charge in [0.25, 0.3) is 0 Å². The summed E-state index contributed by atoms with van der Waals surface area (Å²) in [5, 5.41) is 9.30. The first-order valence-electron chi connectivity index (χ1n) is 4.33. The van der Waals surface area contributed by atoms with Crippen molar-refractivity contribution in [3.05, 3.63) is 22.7 Å². The van der Waals surface area contributed by atoms with Gasteiger partial charge in [0.15, 0.2) is 6.29 Å². The predicted molar refractivity (Wildman–Crippen MR) is 59.1 cm³/mol. The van der Waals surface area contributed by atoms with Crippen LogP contribution < -0.4 is 4.74 Å². The summed E-state index contributed by atoms with van der Waals surface area (Å²) in [5.74, 6) is 0.701. The largest absolute Gasteiger partial charge is 0.508 e. The SMILES string of the molecule is COC(COc1cc(O)cc(Br)c1)OC. The molecule has 1 N–H and O–H groups in total. The Bertz CT molecular complexity index is 292. The van der Waals surface area contributed by atoms with Crippen LogP contribution in [0.4, 0.5) is 0 Å². The molecule has 0 amide bonds. The highest BCUT2D eigenvalue weighted by atomic mass is 79.9. The molecule has 0 aromatic heterocycles. The highest BCUT2D eigenvalue weighted by Crippen LogP contribution is 2.25. The van der Waals surface area contributed by atoms with Crippen molar-refractivity contribution in [2.75, 3.05) is 20.8 Å². The topological polar surface area (TPSA) is 47.9 Å². The summed E-state index contributed by atoms with van der Waals surface area (Å²) in [6.07, 6.45) is -0.411. The zero-order valence-corrected chi connectivity index (χ0v) is 10.2. The van der Waals surface area contributed by atoms with Gasteiger partial charge >= 0.3 is 0 Å². The zero-order chi connectivity index (χ0) is 11.3. The highest BCUT2D eigenvalue weighted by molar-refractivity contribution is 9.10. The van der Waals surface area contributed by atoms with Crippen molar-refractivity contribution in [1.29, 1.82) is 0 Å². The lowest BCUT2D eigenvalue weighted by Crippen LogP contribution is -2.21. The molecule has 0 atom stereocenters. The smallest absolute Gasteiger partial charge is 0.191 e. The first-order valence-corrected chi connectivity index (χ1v) is 5.13. The first-order chi connectivity index (χ1) is 7.15. The van der Waals surface area contributed by atoms with E-state index in [-0.39, 0.29) is 12.4 Å². The number of rotatable bonds is 5. The van der Waals surface area contributed by atoms with Crippen LogP contribution in [0, 0.1) is 0 Å². The van der Waals surface area contributed by atoms with Crippen LogP contribution in [0.2, 0.25) is 0 Å². The van der Waals surface area contributed by atoms with Crippen molar-refractivity contribution in [2.24, 2.45) is 0 Å². The summed E-state index contributed by atoms with van der Waals surface area (Å²) in [6.45, 7) is 0.267. The van der Waals surface area contributed by atoms with Crippen LogP contribution in [-0.4, -0.2) is 32.2 Å². The molecule has 0 aliphatic heterocycles. The van der Waals surface area contributed by atoms with Crippen molar-refractivity contribution in [1.82, 2.24) is 0 Å². The van der Waals surface area contributed by atoms with E-state index >= 15 is 0 Å². The van der Waals surface area contributed by atoms with Crippen molar-refractivity contribution in [2.45, 2.75) is 6.29 Å². The zero-order valence-electron chi connectivity index (χ0n) is 8.57. The van der Waals surface area contributed by atoms with E-state index in [2.05, 4.69) is 15.9 Å². The normalized spacial score (nSPS) is 10.7. The van der Waals surface area contributed by atoms with Crippen molar-refractivity contribution < 1.29 is 19.3 Å². The maximum atomic E-state index is 9.30.